The molecule has 2 aliphatic heterocycles. The van der Waals surface area contributed by atoms with Crippen molar-refractivity contribution in [1.29, 1.82) is 0 Å². The molecule has 0 saturated carbocycles. The third kappa shape index (κ3) is 5.17. The van der Waals surface area contributed by atoms with Crippen molar-refractivity contribution in [2.75, 3.05) is 38.1 Å². The van der Waals surface area contributed by atoms with Crippen LogP contribution in [0.15, 0.2) is 40.6 Å². The molecule has 1 aromatic carbocycles. The first-order chi connectivity index (χ1) is 15.5. The van der Waals surface area contributed by atoms with E-state index in [9.17, 15) is 13.2 Å². The van der Waals surface area contributed by atoms with Gasteiger partial charge in [0.15, 0.2) is 0 Å². The molecule has 7 nitrogen and oxygen atoms in total. The summed E-state index contributed by atoms with van der Waals surface area (Å²) in [5, 5.41) is 4.98. The lowest BCUT2D eigenvalue weighted by Gasteiger charge is -2.26. The minimum Gasteiger partial charge on any atom is -0.492 e. The second-order valence-corrected chi connectivity index (χ2v) is 11.2. The average molecular weight is 478 g/mol. The van der Waals surface area contributed by atoms with Crippen LogP contribution in [0, 0.1) is 0 Å². The van der Waals surface area contributed by atoms with E-state index in [-0.39, 0.29) is 23.4 Å². The van der Waals surface area contributed by atoms with E-state index in [0.29, 0.717) is 31.1 Å². The number of thiophene rings is 1. The predicted octanol–water partition coefficient (Wildman–Crippen LogP) is 4.10. The van der Waals surface area contributed by atoms with Gasteiger partial charge in [0.1, 0.15) is 5.75 Å². The Morgan fingerprint density at radius 3 is 2.69 bits per heavy atom. The summed E-state index contributed by atoms with van der Waals surface area (Å²) in [4.78, 5) is 16.6. The highest BCUT2D eigenvalue weighted by atomic mass is 32.2. The first kappa shape index (κ1) is 23.2. The van der Waals surface area contributed by atoms with Gasteiger partial charge < -0.3 is 10.1 Å². The number of carbonyl (C=O) groups excluding carboxylic acids is 1. The molecule has 0 bridgehead atoms. The fourth-order valence-corrected chi connectivity index (χ4v) is 6.93. The van der Waals surface area contributed by atoms with Crippen LogP contribution in [0.5, 0.6) is 5.75 Å². The second-order valence-electron chi connectivity index (χ2n) is 8.25. The van der Waals surface area contributed by atoms with Gasteiger partial charge in [-0.25, -0.2) is 8.42 Å². The molecule has 3 heterocycles. The van der Waals surface area contributed by atoms with E-state index in [2.05, 4.69) is 21.7 Å². The number of nitrogens with zero attached hydrogens (tertiary/aromatic N) is 2. The number of anilines is 1. The third-order valence-electron chi connectivity index (χ3n) is 6.06. The maximum absolute atomic E-state index is 13.1. The molecule has 1 aromatic heterocycles. The van der Waals surface area contributed by atoms with Gasteiger partial charge in [-0.1, -0.05) is 12.5 Å². The fraction of sp³-hybridized carbons (Fsp3) is 0.522. The van der Waals surface area contributed by atoms with Gasteiger partial charge >= 0.3 is 0 Å². The van der Waals surface area contributed by atoms with Crippen LogP contribution in [0.1, 0.15) is 49.9 Å². The van der Waals surface area contributed by atoms with Gasteiger partial charge in [-0.15, -0.1) is 11.3 Å². The van der Waals surface area contributed by atoms with Crippen molar-refractivity contribution in [2.24, 2.45) is 0 Å². The second kappa shape index (κ2) is 10.3. The van der Waals surface area contributed by atoms with Gasteiger partial charge in [0.25, 0.3) is 0 Å². The van der Waals surface area contributed by atoms with Crippen LogP contribution in [0.2, 0.25) is 0 Å². The van der Waals surface area contributed by atoms with Crippen molar-refractivity contribution in [3.05, 3.63) is 40.6 Å². The third-order valence-corrected chi connectivity index (χ3v) is 8.93. The molecule has 1 N–H and O–H groups in total. The highest BCUT2D eigenvalue weighted by molar-refractivity contribution is 7.89. The lowest BCUT2D eigenvalue weighted by molar-refractivity contribution is -0.117. The van der Waals surface area contributed by atoms with Crippen LogP contribution in [-0.2, 0) is 14.8 Å². The number of amides is 1. The average Bonchev–Trinajstić information content (AvgIpc) is 3.47. The summed E-state index contributed by atoms with van der Waals surface area (Å²) in [6.45, 7) is 4.50. The van der Waals surface area contributed by atoms with Crippen molar-refractivity contribution in [3.63, 3.8) is 0 Å². The summed E-state index contributed by atoms with van der Waals surface area (Å²) >= 11 is 1.72. The van der Waals surface area contributed by atoms with E-state index in [1.807, 2.05) is 13.0 Å². The first-order valence-electron chi connectivity index (χ1n) is 11.3. The maximum Gasteiger partial charge on any atom is 0.243 e. The number of likely N-dealkylation sites (tertiary alicyclic amines) is 1. The smallest absolute Gasteiger partial charge is 0.243 e. The summed E-state index contributed by atoms with van der Waals surface area (Å²) in [5.74, 6) is 0.316. The molecule has 0 aliphatic carbocycles. The van der Waals surface area contributed by atoms with Gasteiger partial charge in [-0.3, -0.25) is 9.69 Å². The highest BCUT2D eigenvalue weighted by Gasteiger charge is 2.29. The van der Waals surface area contributed by atoms with Crippen LogP contribution in [0.4, 0.5) is 5.69 Å². The van der Waals surface area contributed by atoms with Gasteiger partial charge in [-0.05, 0) is 68.8 Å². The van der Waals surface area contributed by atoms with Gasteiger partial charge in [0.2, 0.25) is 15.9 Å². The zero-order chi connectivity index (χ0) is 22.6. The molecule has 1 amide bonds. The van der Waals surface area contributed by atoms with Crippen molar-refractivity contribution in [1.82, 2.24) is 9.21 Å². The van der Waals surface area contributed by atoms with Crippen LogP contribution >= 0.6 is 11.3 Å². The van der Waals surface area contributed by atoms with E-state index in [1.54, 1.807) is 23.5 Å². The minimum atomic E-state index is -3.60. The Labute approximate surface area is 194 Å². The van der Waals surface area contributed by atoms with Crippen LogP contribution < -0.4 is 10.1 Å². The SMILES string of the molecule is CCOc1ccc(S(=O)(=O)N2CCCCC2)cc1NC(=O)CN1CCC[C@H]1c1cccs1. The monoisotopic (exact) mass is 477 g/mol. The molecule has 2 aliphatic rings. The Morgan fingerprint density at radius 1 is 1.16 bits per heavy atom. The summed E-state index contributed by atoms with van der Waals surface area (Å²) in [6, 6.07) is 9.16. The van der Waals surface area contributed by atoms with Crippen molar-refractivity contribution in [2.45, 2.75) is 50.0 Å². The molecule has 2 aromatic rings. The molecular formula is C23H31N3O4S2. The zero-order valence-electron chi connectivity index (χ0n) is 18.5. The Kier molecular flexibility index (Phi) is 7.50. The summed E-state index contributed by atoms with van der Waals surface area (Å²) in [7, 11) is -3.60. The topological polar surface area (TPSA) is 79.0 Å². The standard InChI is InChI=1S/C23H31N3O4S2/c1-2-30-21-11-10-18(32(28,29)26-13-4-3-5-14-26)16-19(21)24-23(27)17-25-12-6-8-20(25)22-9-7-15-31-22/h7,9-11,15-16,20H,2-6,8,12-14,17H2,1H3,(H,24,27)/t20-/m0/s1. The fourth-order valence-electron chi connectivity index (χ4n) is 4.50. The number of ether oxygens (including phenoxy) is 1. The molecule has 1 atom stereocenters. The molecule has 2 fully saturated rings. The number of rotatable bonds is 8. The zero-order valence-corrected chi connectivity index (χ0v) is 20.1. The number of benzene rings is 1. The van der Waals surface area contributed by atoms with Gasteiger partial charge in [-0.2, -0.15) is 4.31 Å². The van der Waals surface area contributed by atoms with E-state index in [0.717, 1.165) is 38.6 Å². The Balaban J connectivity index is 1.51. The van der Waals surface area contributed by atoms with E-state index < -0.39 is 10.0 Å². The number of hydrogen-bond acceptors (Lipinski definition) is 6. The van der Waals surface area contributed by atoms with Gasteiger partial charge in [0, 0.05) is 24.0 Å². The molecule has 2 saturated heterocycles. The van der Waals surface area contributed by atoms with Crippen molar-refractivity contribution < 1.29 is 17.9 Å². The van der Waals surface area contributed by atoms with E-state index in [1.165, 1.54) is 15.2 Å². The van der Waals surface area contributed by atoms with Crippen LogP contribution in [0.3, 0.4) is 0 Å². The summed E-state index contributed by atoms with van der Waals surface area (Å²) in [5.41, 5.74) is 0.404. The molecule has 4 rings (SSSR count). The lowest BCUT2D eigenvalue weighted by atomic mass is 10.2. The van der Waals surface area contributed by atoms with E-state index in [4.69, 9.17) is 4.74 Å². The summed E-state index contributed by atoms with van der Waals surface area (Å²) < 4.78 is 33.4. The van der Waals surface area contributed by atoms with Gasteiger partial charge in [0.05, 0.1) is 23.7 Å². The molecule has 0 unspecified atom stereocenters. The Bertz CT molecular complexity index is 1020. The molecular weight excluding hydrogens is 446 g/mol. The number of nitrogens with one attached hydrogen (secondary N) is 1. The maximum atomic E-state index is 13.1. The Hall–Kier alpha value is -1.94. The first-order valence-corrected chi connectivity index (χ1v) is 13.7. The van der Waals surface area contributed by atoms with Crippen molar-refractivity contribution >= 4 is 33.0 Å². The largest absolute Gasteiger partial charge is 0.492 e. The summed E-state index contributed by atoms with van der Waals surface area (Å²) in [6.07, 6.45) is 4.91. The molecule has 0 spiro atoms. The predicted molar refractivity (Wildman–Crippen MR) is 127 cm³/mol. The minimum absolute atomic E-state index is 0.165. The molecule has 32 heavy (non-hydrogen) atoms. The quantitative estimate of drug-likeness (QED) is 0.619. The molecule has 174 valence electrons. The molecule has 9 heteroatoms. The number of sulfonamides is 1. The highest BCUT2D eigenvalue weighted by Crippen LogP contribution is 2.35. The number of carbonyl (C=O) groups is 1. The number of piperidine rings is 1. The number of hydrogen-bond donors (Lipinski definition) is 1. The molecule has 0 radical (unpaired) electrons. The Morgan fingerprint density at radius 2 is 1.97 bits per heavy atom. The lowest BCUT2D eigenvalue weighted by Crippen LogP contribution is -2.35. The normalized spacial score (nSPS) is 20.3. The van der Waals surface area contributed by atoms with Crippen molar-refractivity contribution in [3.8, 4) is 5.75 Å². The van der Waals surface area contributed by atoms with Crippen LogP contribution in [-0.4, -0.2) is 56.3 Å². The van der Waals surface area contributed by atoms with E-state index >= 15 is 0 Å². The van der Waals surface area contributed by atoms with Crippen LogP contribution in [0.25, 0.3) is 0 Å².